The molecule has 2 heterocycles. The summed E-state index contributed by atoms with van der Waals surface area (Å²) in [6, 6.07) is 5.79. The van der Waals surface area contributed by atoms with E-state index in [0.717, 1.165) is 38.4 Å². The SMILES string of the molecule is CCN(C[C@@H]1CCCO1)c1ncccc1C#N. The molecule has 0 aliphatic carbocycles. The molecule has 0 radical (unpaired) electrons. The number of aromatic nitrogens is 1. The van der Waals surface area contributed by atoms with Gasteiger partial charge in [-0.3, -0.25) is 0 Å². The normalized spacial score (nSPS) is 18.9. The Hall–Kier alpha value is -1.60. The summed E-state index contributed by atoms with van der Waals surface area (Å²) in [5, 5.41) is 9.08. The molecule has 90 valence electrons. The first kappa shape index (κ1) is 11.9. The molecule has 1 aromatic rings. The lowest BCUT2D eigenvalue weighted by Crippen LogP contribution is -2.33. The fourth-order valence-corrected chi connectivity index (χ4v) is 2.14. The van der Waals surface area contributed by atoms with E-state index < -0.39 is 0 Å². The van der Waals surface area contributed by atoms with E-state index in [4.69, 9.17) is 10.00 Å². The smallest absolute Gasteiger partial charge is 0.146 e. The molecule has 1 aromatic heterocycles. The van der Waals surface area contributed by atoms with Gasteiger partial charge in [-0.25, -0.2) is 4.98 Å². The van der Waals surface area contributed by atoms with Gasteiger partial charge in [-0.1, -0.05) is 0 Å². The molecule has 0 bridgehead atoms. The highest BCUT2D eigenvalue weighted by molar-refractivity contribution is 5.53. The molecule has 4 heteroatoms. The molecule has 1 saturated heterocycles. The van der Waals surface area contributed by atoms with Crippen molar-refractivity contribution in [1.82, 2.24) is 4.98 Å². The minimum absolute atomic E-state index is 0.281. The van der Waals surface area contributed by atoms with Gasteiger partial charge in [-0.2, -0.15) is 5.26 Å². The largest absolute Gasteiger partial charge is 0.376 e. The maximum atomic E-state index is 9.08. The predicted molar refractivity (Wildman–Crippen MR) is 65.8 cm³/mol. The topological polar surface area (TPSA) is 49.1 Å². The summed E-state index contributed by atoms with van der Waals surface area (Å²) in [5.41, 5.74) is 0.632. The highest BCUT2D eigenvalue weighted by Crippen LogP contribution is 2.20. The highest BCUT2D eigenvalue weighted by atomic mass is 16.5. The molecule has 0 unspecified atom stereocenters. The van der Waals surface area contributed by atoms with E-state index in [1.54, 1.807) is 18.3 Å². The third-order valence-electron chi connectivity index (χ3n) is 3.04. The van der Waals surface area contributed by atoms with Crippen molar-refractivity contribution < 1.29 is 4.74 Å². The highest BCUT2D eigenvalue weighted by Gasteiger charge is 2.20. The van der Waals surface area contributed by atoms with Crippen LogP contribution in [0, 0.1) is 11.3 Å². The summed E-state index contributed by atoms with van der Waals surface area (Å²) in [5.74, 6) is 0.771. The zero-order valence-electron chi connectivity index (χ0n) is 10.1. The van der Waals surface area contributed by atoms with Crippen LogP contribution in [0.1, 0.15) is 25.3 Å². The van der Waals surface area contributed by atoms with E-state index in [2.05, 4.69) is 22.9 Å². The summed E-state index contributed by atoms with van der Waals surface area (Å²) in [4.78, 5) is 6.43. The number of nitrogens with zero attached hydrogens (tertiary/aromatic N) is 3. The Morgan fingerprint density at radius 1 is 1.65 bits per heavy atom. The maximum Gasteiger partial charge on any atom is 0.146 e. The summed E-state index contributed by atoms with van der Waals surface area (Å²) in [6.07, 6.45) is 4.25. The Bertz CT molecular complexity index is 407. The van der Waals surface area contributed by atoms with E-state index in [-0.39, 0.29) is 6.10 Å². The van der Waals surface area contributed by atoms with Gasteiger partial charge in [0.15, 0.2) is 0 Å². The fraction of sp³-hybridized carbons (Fsp3) is 0.538. The fourth-order valence-electron chi connectivity index (χ4n) is 2.14. The third-order valence-corrected chi connectivity index (χ3v) is 3.04. The molecular weight excluding hydrogens is 214 g/mol. The van der Waals surface area contributed by atoms with Crippen molar-refractivity contribution in [2.75, 3.05) is 24.6 Å². The van der Waals surface area contributed by atoms with Crippen molar-refractivity contribution in [2.45, 2.75) is 25.9 Å². The molecule has 0 aromatic carbocycles. The Morgan fingerprint density at radius 2 is 2.53 bits per heavy atom. The van der Waals surface area contributed by atoms with Gasteiger partial charge in [-0.05, 0) is 31.9 Å². The second-order valence-electron chi connectivity index (χ2n) is 4.16. The summed E-state index contributed by atoms with van der Waals surface area (Å²) in [6.45, 7) is 4.59. The van der Waals surface area contributed by atoms with Crippen LogP contribution in [0.2, 0.25) is 0 Å². The second kappa shape index (κ2) is 5.65. The Balaban J connectivity index is 2.14. The van der Waals surface area contributed by atoms with Crippen LogP contribution in [-0.2, 0) is 4.74 Å². The molecule has 0 N–H and O–H groups in total. The monoisotopic (exact) mass is 231 g/mol. The molecule has 0 spiro atoms. The maximum absolute atomic E-state index is 9.08. The van der Waals surface area contributed by atoms with Gasteiger partial charge in [0.25, 0.3) is 0 Å². The third kappa shape index (κ3) is 2.75. The number of nitriles is 1. The van der Waals surface area contributed by atoms with Gasteiger partial charge in [0.05, 0.1) is 11.7 Å². The first-order valence-corrected chi connectivity index (χ1v) is 6.06. The van der Waals surface area contributed by atoms with Gasteiger partial charge >= 0.3 is 0 Å². The van der Waals surface area contributed by atoms with Gasteiger partial charge in [0.2, 0.25) is 0 Å². The molecule has 17 heavy (non-hydrogen) atoms. The van der Waals surface area contributed by atoms with Crippen LogP contribution in [0.3, 0.4) is 0 Å². The van der Waals surface area contributed by atoms with Crippen molar-refractivity contribution in [3.8, 4) is 6.07 Å². The van der Waals surface area contributed by atoms with Crippen molar-refractivity contribution in [1.29, 1.82) is 5.26 Å². The minimum atomic E-state index is 0.281. The molecule has 1 fully saturated rings. The quantitative estimate of drug-likeness (QED) is 0.794. The summed E-state index contributed by atoms with van der Waals surface area (Å²) < 4.78 is 5.63. The van der Waals surface area contributed by atoms with Gasteiger partial charge in [-0.15, -0.1) is 0 Å². The molecule has 2 rings (SSSR count). The minimum Gasteiger partial charge on any atom is -0.376 e. The van der Waals surface area contributed by atoms with Crippen molar-refractivity contribution in [3.05, 3.63) is 23.9 Å². The zero-order chi connectivity index (χ0) is 12.1. The lowest BCUT2D eigenvalue weighted by molar-refractivity contribution is 0.115. The van der Waals surface area contributed by atoms with Crippen molar-refractivity contribution >= 4 is 5.82 Å². The van der Waals surface area contributed by atoms with E-state index in [1.807, 2.05) is 0 Å². The first-order valence-electron chi connectivity index (χ1n) is 6.06. The Morgan fingerprint density at radius 3 is 3.18 bits per heavy atom. The zero-order valence-corrected chi connectivity index (χ0v) is 10.1. The lowest BCUT2D eigenvalue weighted by Gasteiger charge is -2.25. The number of likely N-dealkylation sites (N-methyl/N-ethyl adjacent to an activating group) is 1. The number of anilines is 1. The van der Waals surface area contributed by atoms with Crippen LogP contribution in [0.4, 0.5) is 5.82 Å². The molecular formula is C13H17N3O. The number of hydrogen-bond donors (Lipinski definition) is 0. The average Bonchev–Trinajstić information content (AvgIpc) is 2.89. The molecule has 1 aliphatic heterocycles. The van der Waals surface area contributed by atoms with E-state index >= 15 is 0 Å². The van der Waals surface area contributed by atoms with Gasteiger partial charge in [0.1, 0.15) is 11.9 Å². The number of hydrogen-bond acceptors (Lipinski definition) is 4. The van der Waals surface area contributed by atoms with Gasteiger partial charge < -0.3 is 9.64 Å². The van der Waals surface area contributed by atoms with E-state index in [1.165, 1.54) is 0 Å². The van der Waals surface area contributed by atoms with E-state index in [9.17, 15) is 0 Å². The second-order valence-corrected chi connectivity index (χ2v) is 4.16. The van der Waals surface area contributed by atoms with Crippen LogP contribution < -0.4 is 4.90 Å². The van der Waals surface area contributed by atoms with Crippen molar-refractivity contribution in [3.63, 3.8) is 0 Å². The molecule has 0 amide bonds. The van der Waals surface area contributed by atoms with Crippen LogP contribution in [0.5, 0.6) is 0 Å². The Kier molecular flexibility index (Phi) is 3.94. The van der Waals surface area contributed by atoms with Crippen LogP contribution in [0.25, 0.3) is 0 Å². The lowest BCUT2D eigenvalue weighted by atomic mass is 10.2. The first-order chi connectivity index (χ1) is 8.35. The molecule has 0 saturated carbocycles. The Labute approximate surface area is 102 Å². The average molecular weight is 231 g/mol. The van der Waals surface area contributed by atoms with Crippen LogP contribution in [-0.4, -0.2) is 30.8 Å². The molecule has 1 atom stereocenters. The summed E-state index contributed by atoms with van der Waals surface area (Å²) in [7, 11) is 0. The van der Waals surface area contributed by atoms with E-state index in [0.29, 0.717) is 5.56 Å². The number of ether oxygens (including phenoxy) is 1. The standard InChI is InChI=1S/C13H17N3O/c1-2-16(10-12-6-4-8-17-12)13-11(9-14)5-3-7-15-13/h3,5,7,12H,2,4,6,8,10H2,1H3/t12-/m0/s1. The van der Waals surface area contributed by atoms with Crippen LogP contribution in [0.15, 0.2) is 18.3 Å². The number of rotatable bonds is 4. The molecule has 4 nitrogen and oxygen atoms in total. The van der Waals surface area contributed by atoms with Crippen molar-refractivity contribution in [2.24, 2.45) is 0 Å². The van der Waals surface area contributed by atoms with Crippen LogP contribution >= 0.6 is 0 Å². The molecule has 1 aliphatic rings. The predicted octanol–water partition coefficient (Wildman–Crippen LogP) is 1.96. The number of pyridine rings is 1. The van der Waals surface area contributed by atoms with Gasteiger partial charge in [0, 0.05) is 25.9 Å². The summed E-state index contributed by atoms with van der Waals surface area (Å²) >= 11 is 0.